The van der Waals surface area contributed by atoms with Crippen molar-refractivity contribution >= 4 is 17.0 Å². The fourth-order valence-electron chi connectivity index (χ4n) is 6.27. The van der Waals surface area contributed by atoms with Gasteiger partial charge in [0.05, 0.1) is 11.1 Å². The maximum atomic E-state index is 16.6. The van der Waals surface area contributed by atoms with Crippen LogP contribution in [-0.2, 0) is 23.6 Å². The van der Waals surface area contributed by atoms with Crippen molar-refractivity contribution in [3.05, 3.63) is 120 Å². The van der Waals surface area contributed by atoms with Gasteiger partial charge >= 0.3 is 6.09 Å². The first-order chi connectivity index (χ1) is 23.5. The van der Waals surface area contributed by atoms with Crippen LogP contribution >= 0.6 is 0 Å². The van der Waals surface area contributed by atoms with E-state index in [2.05, 4.69) is 4.98 Å². The van der Waals surface area contributed by atoms with Crippen LogP contribution in [-0.4, -0.2) is 44.8 Å². The van der Waals surface area contributed by atoms with E-state index in [-0.39, 0.29) is 37.1 Å². The van der Waals surface area contributed by atoms with Gasteiger partial charge in [0.15, 0.2) is 0 Å². The van der Waals surface area contributed by atoms with Gasteiger partial charge in [0.2, 0.25) is 11.8 Å². The molecule has 1 fully saturated rings. The molecule has 1 N–H and O–H groups in total. The smallest absolute Gasteiger partial charge is 0.410 e. The quantitative estimate of drug-likeness (QED) is 0.169. The van der Waals surface area contributed by atoms with Crippen LogP contribution < -0.4 is 9.47 Å². The lowest BCUT2D eigenvalue weighted by Gasteiger charge is -2.45. The highest BCUT2D eigenvalue weighted by Gasteiger charge is 2.45. The molecule has 5 aromatic rings. The standard InChI is InChI=1S/C40H42FN3O5/c1-5-30-24-44(38(45)49-39(2,3)4)21-20-40(30,46)33-17-18-34-32(36(33)41)22-29(23-42-34)31-16-19-35(47-25-27-12-8-6-9-13-27)43-37(31)48-26-28-14-10-7-11-15-28/h6-19,22-23,30,46H,5,20-21,24-26H2,1-4H3. The molecule has 0 aliphatic carbocycles. The molecule has 2 aromatic heterocycles. The van der Waals surface area contributed by atoms with Crippen molar-refractivity contribution in [2.45, 2.75) is 65.0 Å². The third kappa shape index (κ3) is 7.67. The number of likely N-dealkylation sites (tertiary alicyclic amines) is 1. The van der Waals surface area contributed by atoms with E-state index in [1.54, 1.807) is 35.4 Å². The SMILES string of the molecule is CCC1CN(C(=O)OC(C)(C)C)CCC1(O)c1ccc2ncc(-c3ccc(OCc4ccccc4)nc3OCc3ccccc3)cc2c1F. The largest absolute Gasteiger partial charge is 0.473 e. The van der Waals surface area contributed by atoms with E-state index in [1.165, 1.54) is 0 Å². The number of amides is 1. The Labute approximate surface area is 286 Å². The number of aliphatic hydroxyl groups is 1. The van der Waals surface area contributed by atoms with Gasteiger partial charge in [-0.25, -0.2) is 9.18 Å². The normalized spacial score (nSPS) is 17.9. The van der Waals surface area contributed by atoms with Crippen molar-refractivity contribution in [1.29, 1.82) is 0 Å². The molecule has 0 radical (unpaired) electrons. The van der Waals surface area contributed by atoms with Gasteiger partial charge < -0.3 is 24.2 Å². The molecular formula is C40H42FN3O5. The van der Waals surface area contributed by atoms with Crippen molar-refractivity contribution in [3.63, 3.8) is 0 Å². The molecule has 3 heterocycles. The van der Waals surface area contributed by atoms with E-state index >= 15 is 4.39 Å². The Kier molecular flexibility index (Phi) is 9.83. The summed E-state index contributed by atoms with van der Waals surface area (Å²) in [5.74, 6) is -0.224. The summed E-state index contributed by atoms with van der Waals surface area (Å²) in [5.41, 5.74) is 1.73. The number of carbonyl (C=O) groups is 1. The van der Waals surface area contributed by atoms with Crippen LogP contribution in [0.4, 0.5) is 9.18 Å². The second-order valence-electron chi connectivity index (χ2n) is 13.5. The Morgan fingerprint density at radius 1 is 0.959 bits per heavy atom. The monoisotopic (exact) mass is 663 g/mol. The van der Waals surface area contributed by atoms with Gasteiger partial charge in [-0.2, -0.15) is 4.98 Å². The van der Waals surface area contributed by atoms with Crippen molar-refractivity contribution in [2.75, 3.05) is 13.1 Å². The van der Waals surface area contributed by atoms with Crippen LogP contribution in [0.1, 0.15) is 57.2 Å². The summed E-state index contributed by atoms with van der Waals surface area (Å²) < 4.78 is 34.4. The molecule has 3 aromatic carbocycles. The van der Waals surface area contributed by atoms with Gasteiger partial charge in [-0.3, -0.25) is 4.98 Å². The molecule has 8 nitrogen and oxygen atoms in total. The number of benzene rings is 3. The predicted molar refractivity (Wildman–Crippen MR) is 187 cm³/mol. The number of aromatic nitrogens is 2. The Morgan fingerprint density at radius 2 is 1.63 bits per heavy atom. The fraction of sp³-hybridized carbons (Fsp3) is 0.325. The molecule has 0 spiro atoms. The van der Waals surface area contributed by atoms with Crippen LogP contribution in [0.5, 0.6) is 11.8 Å². The Hall–Kier alpha value is -5.02. The first-order valence-corrected chi connectivity index (χ1v) is 16.7. The first kappa shape index (κ1) is 33.9. The molecule has 6 rings (SSSR count). The van der Waals surface area contributed by atoms with Gasteiger partial charge in [0.25, 0.3) is 0 Å². The van der Waals surface area contributed by atoms with Gasteiger partial charge in [-0.15, -0.1) is 0 Å². The van der Waals surface area contributed by atoms with E-state index in [9.17, 15) is 9.90 Å². The number of hydrogen-bond donors (Lipinski definition) is 1. The minimum absolute atomic E-state index is 0.173. The highest BCUT2D eigenvalue weighted by atomic mass is 19.1. The molecule has 9 heteroatoms. The first-order valence-electron chi connectivity index (χ1n) is 16.7. The number of hydrogen-bond acceptors (Lipinski definition) is 7. The maximum Gasteiger partial charge on any atom is 0.410 e. The Morgan fingerprint density at radius 3 is 2.29 bits per heavy atom. The molecule has 1 amide bonds. The number of ether oxygens (including phenoxy) is 3. The van der Waals surface area contributed by atoms with Crippen molar-refractivity contribution in [3.8, 4) is 22.9 Å². The molecule has 1 aliphatic heterocycles. The van der Waals surface area contributed by atoms with E-state index in [0.29, 0.717) is 41.4 Å². The molecule has 2 atom stereocenters. The molecule has 1 saturated heterocycles. The van der Waals surface area contributed by atoms with E-state index in [4.69, 9.17) is 19.2 Å². The maximum absolute atomic E-state index is 16.6. The summed E-state index contributed by atoms with van der Waals surface area (Å²) in [7, 11) is 0. The van der Waals surface area contributed by atoms with Crippen LogP contribution in [0.2, 0.25) is 0 Å². The van der Waals surface area contributed by atoms with Gasteiger partial charge in [0, 0.05) is 53.3 Å². The Balaban J connectivity index is 1.32. The zero-order chi connectivity index (χ0) is 34.6. The van der Waals surface area contributed by atoms with E-state index < -0.39 is 29.0 Å². The summed E-state index contributed by atoms with van der Waals surface area (Å²) in [6.45, 7) is 8.49. The predicted octanol–water partition coefficient (Wildman–Crippen LogP) is 8.45. The number of fused-ring (bicyclic) bond motifs is 1. The van der Waals surface area contributed by atoms with Gasteiger partial charge in [-0.1, -0.05) is 73.7 Å². The molecule has 0 saturated carbocycles. The van der Waals surface area contributed by atoms with Crippen LogP contribution in [0.15, 0.2) is 97.2 Å². The lowest BCUT2D eigenvalue weighted by molar-refractivity contribution is -0.0824. The molecule has 1 aliphatic rings. The summed E-state index contributed by atoms with van der Waals surface area (Å²) in [4.78, 5) is 23.7. The molecule has 2 unspecified atom stereocenters. The van der Waals surface area contributed by atoms with Crippen molar-refractivity contribution in [1.82, 2.24) is 14.9 Å². The topological polar surface area (TPSA) is 94.0 Å². The van der Waals surface area contributed by atoms with Gasteiger partial charge in [-0.05, 0) is 62.9 Å². The molecule has 0 bridgehead atoms. The van der Waals surface area contributed by atoms with Crippen LogP contribution in [0.25, 0.3) is 22.0 Å². The molecular weight excluding hydrogens is 621 g/mol. The average molecular weight is 664 g/mol. The minimum atomic E-state index is -1.48. The minimum Gasteiger partial charge on any atom is -0.473 e. The van der Waals surface area contributed by atoms with Crippen molar-refractivity contribution < 1.29 is 28.5 Å². The lowest BCUT2D eigenvalue weighted by atomic mass is 9.74. The second kappa shape index (κ2) is 14.2. The molecule has 49 heavy (non-hydrogen) atoms. The summed E-state index contributed by atoms with van der Waals surface area (Å²) in [6.07, 6.45) is 1.95. The zero-order valence-corrected chi connectivity index (χ0v) is 28.4. The second-order valence-corrected chi connectivity index (χ2v) is 13.5. The number of halogens is 1. The number of piperidine rings is 1. The van der Waals surface area contributed by atoms with Crippen LogP contribution in [0, 0.1) is 11.7 Å². The number of nitrogens with zero attached hydrogens (tertiary/aromatic N) is 3. The van der Waals surface area contributed by atoms with Crippen molar-refractivity contribution in [2.24, 2.45) is 5.92 Å². The summed E-state index contributed by atoms with van der Waals surface area (Å²) >= 11 is 0. The average Bonchev–Trinajstić information content (AvgIpc) is 3.10. The highest BCUT2D eigenvalue weighted by Crippen LogP contribution is 2.42. The third-order valence-corrected chi connectivity index (χ3v) is 8.88. The third-order valence-electron chi connectivity index (χ3n) is 8.88. The number of carbonyl (C=O) groups excluding carboxylic acids is 1. The lowest BCUT2D eigenvalue weighted by Crippen LogP contribution is -2.52. The van der Waals surface area contributed by atoms with Crippen LogP contribution in [0.3, 0.4) is 0 Å². The molecule has 254 valence electrons. The Bertz CT molecular complexity index is 1920. The van der Waals surface area contributed by atoms with E-state index in [1.807, 2.05) is 94.4 Å². The zero-order valence-electron chi connectivity index (χ0n) is 28.4. The van der Waals surface area contributed by atoms with Gasteiger partial charge in [0.1, 0.15) is 24.6 Å². The summed E-state index contributed by atoms with van der Waals surface area (Å²) in [5, 5.41) is 12.3. The fourth-order valence-corrected chi connectivity index (χ4v) is 6.27. The highest BCUT2D eigenvalue weighted by molar-refractivity contribution is 5.86. The number of pyridine rings is 2. The summed E-state index contributed by atoms with van der Waals surface area (Å²) in [6, 6.07) is 28.3. The van der Waals surface area contributed by atoms with E-state index in [0.717, 1.165) is 11.1 Å². The number of rotatable bonds is 9.